The predicted octanol–water partition coefficient (Wildman–Crippen LogP) is 3.06. The van der Waals surface area contributed by atoms with Gasteiger partial charge in [-0.25, -0.2) is 0 Å². The van der Waals surface area contributed by atoms with Gasteiger partial charge in [0.05, 0.1) is 20.3 Å². The minimum Gasteiger partial charge on any atom is -0.493 e. The summed E-state index contributed by atoms with van der Waals surface area (Å²) >= 11 is 0. The molecule has 0 aromatic heterocycles. The van der Waals surface area contributed by atoms with E-state index < -0.39 is 10.2 Å². The standard InChI is InChI=1S/C19H30N2O4S/c1-14-10-15(2)13-20(12-14)26(22,23)21-9-5-6-17(21)16-7-8-18(24-3)19(11-16)25-4/h7-8,11,14-15,17H,5-6,9-10,12-13H2,1-4H3. The van der Waals surface area contributed by atoms with E-state index in [1.807, 2.05) is 18.2 Å². The second-order valence-corrected chi connectivity index (χ2v) is 9.54. The van der Waals surface area contributed by atoms with Gasteiger partial charge in [-0.15, -0.1) is 0 Å². The van der Waals surface area contributed by atoms with Crippen LogP contribution in [0.2, 0.25) is 0 Å². The molecule has 3 atom stereocenters. The van der Waals surface area contributed by atoms with Crippen molar-refractivity contribution in [3.8, 4) is 11.5 Å². The van der Waals surface area contributed by atoms with Crippen molar-refractivity contribution in [1.29, 1.82) is 0 Å². The Bertz CT molecular complexity index is 727. The van der Waals surface area contributed by atoms with E-state index in [1.165, 1.54) is 0 Å². The van der Waals surface area contributed by atoms with Crippen molar-refractivity contribution >= 4 is 10.2 Å². The molecule has 0 radical (unpaired) electrons. The normalized spacial score (nSPS) is 28.2. The Balaban J connectivity index is 1.88. The summed E-state index contributed by atoms with van der Waals surface area (Å²) < 4.78 is 40.7. The maximum absolute atomic E-state index is 13.3. The van der Waals surface area contributed by atoms with Crippen LogP contribution in [0.5, 0.6) is 11.5 Å². The summed E-state index contributed by atoms with van der Waals surface area (Å²) in [5.41, 5.74) is 0.960. The minimum absolute atomic E-state index is 0.146. The Morgan fingerprint density at radius 3 is 2.31 bits per heavy atom. The lowest BCUT2D eigenvalue weighted by molar-refractivity contribution is 0.206. The summed E-state index contributed by atoms with van der Waals surface area (Å²) in [5.74, 6) is 2.09. The van der Waals surface area contributed by atoms with Crippen LogP contribution in [0.3, 0.4) is 0 Å². The van der Waals surface area contributed by atoms with Crippen molar-refractivity contribution in [3.05, 3.63) is 23.8 Å². The number of hydrogen-bond donors (Lipinski definition) is 0. The lowest BCUT2D eigenvalue weighted by Crippen LogP contribution is -2.49. The highest BCUT2D eigenvalue weighted by molar-refractivity contribution is 7.86. The largest absolute Gasteiger partial charge is 0.493 e. The molecule has 2 saturated heterocycles. The van der Waals surface area contributed by atoms with E-state index in [2.05, 4.69) is 13.8 Å². The average molecular weight is 383 g/mol. The molecule has 2 aliphatic rings. The fourth-order valence-corrected chi connectivity index (χ4v) is 6.44. The molecule has 2 heterocycles. The highest BCUT2D eigenvalue weighted by Crippen LogP contribution is 2.39. The zero-order valence-corrected chi connectivity index (χ0v) is 17.0. The van der Waals surface area contributed by atoms with Gasteiger partial charge >= 0.3 is 0 Å². The summed E-state index contributed by atoms with van der Waals surface area (Å²) in [7, 11) is -0.267. The van der Waals surface area contributed by atoms with Gasteiger partial charge in [-0.3, -0.25) is 0 Å². The third kappa shape index (κ3) is 3.70. The van der Waals surface area contributed by atoms with E-state index in [0.29, 0.717) is 43.0 Å². The van der Waals surface area contributed by atoms with Crippen LogP contribution in [0.25, 0.3) is 0 Å². The molecule has 2 aliphatic heterocycles. The molecule has 0 bridgehead atoms. The van der Waals surface area contributed by atoms with Crippen LogP contribution in [0.15, 0.2) is 18.2 Å². The third-order valence-corrected chi connectivity index (χ3v) is 7.43. The first kappa shape index (κ1) is 19.5. The molecule has 0 aliphatic carbocycles. The first-order valence-electron chi connectivity index (χ1n) is 9.35. The van der Waals surface area contributed by atoms with E-state index in [4.69, 9.17) is 9.47 Å². The Morgan fingerprint density at radius 1 is 1.04 bits per heavy atom. The van der Waals surface area contributed by atoms with Crippen LogP contribution in [-0.2, 0) is 10.2 Å². The molecular formula is C19H30N2O4S. The summed E-state index contributed by atoms with van der Waals surface area (Å²) in [6.07, 6.45) is 2.79. The number of hydrogen-bond acceptors (Lipinski definition) is 4. The fraction of sp³-hybridized carbons (Fsp3) is 0.684. The van der Waals surface area contributed by atoms with Crippen molar-refractivity contribution < 1.29 is 17.9 Å². The number of benzene rings is 1. The molecule has 0 amide bonds. The molecule has 7 heteroatoms. The monoisotopic (exact) mass is 382 g/mol. The van der Waals surface area contributed by atoms with Gasteiger partial charge in [-0.1, -0.05) is 19.9 Å². The second kappa shape index (κ2) is 7.74. The maximum atomic E-state index is 13.3. The van der Waals surface area contributed by atoms with Gasteiger partial charge in [0.1, 0.15) is 0 Å². The molecule has 0 saturated carbocycles. The predicted molar refractivity (Wildman–Crippen MR) is 102 cm³/mol. The summed E-state index contributed by atoms with van der Waals surface area (Å²) in [5, 5.41) is 0. The zero-order chi connectivity index (χ0) is 18.9. The van der Waals surface area contributed by atoms with Crippen molar-refractivity contribution in [2.24, 2.45) is 11.8 Å². The van der Waals surface area contributed by atoms with Crippen molar-refractivity contribution in [1.82, 2.24) is 8.61 Å². The lowest BCUT2D eigenvalue weighted by atomic mass is 9.94. The highest BCUT2D eigenvalue weighted by Gasteiger charge is 2.41. The molecule has 0 spiro atoms. The third-order valence-electron chi connectivity index (χ3n) is 5.45. The average Bonchev–Trinajstić information content (AvgIpc) is 3.10. The zero-order valence-electron chi connectivity index (χ0n) is 16.1. The van der Waals surface area contributed by atoms with Crippen LogP contribution in [0, 0.1) is 11.8 Å². The van der Waals surface area contributed by atoms with E-state index in [1.54, 1.807) is 22.8 Å². The Morgan fingerprint density at radius 2 is 1.69 bits per heavy atom. The Hall–Kier alpha value is -1.31. The molecular weight excluding hydrogens is 352 g/mol. The Kier molecular flexibility index (Phi) is 5.79. The second-order valence-electron chi connectivity index (χ2n) is 7.65. The number of ether oxygens (including phenoxy) is 2. The van der Waals surface area contributed by atoms with E-state index >= 15 is 0 Å². The van der Waals surface area contributed by atoms with Gasteiger partial charge in [-0.05, 0) is 48.8 Å². The number of rotatable bonds is 5. The minimum atomic E-state index is -3.47. The van der Waals surface area contributed by atoms with Gasteiger partial charge in [0, 0.05) is 19.6 Å². The fourth-order valence-electron chi connectivity index (χ4n) is 4.35. The van der Waals surface area contributed by atoms with Gasteiger partial charge < -0.3 is 9.47 Å². The lowest BCUT2D eigenvalue weighted by Gasteiger charge is -2.37. The molecule has 146 valence electrons. The van der Waals surface area contributed by atoms with Gasteiger partial charge in [0.2, 0.25) is 0 Å². The number of piperidine rings is 1. The number of methoxy groups -OCH3 is 2. The van der Waals surface area contributed by atoms with Gasteiger partial charge in [-0.2, -0.15) is 17.0 Å². The van der Waals surface area contributed by atoms with Crippen LogP contribution in [0.1, 0.15) is 44.7 Å². The quantitative estimate of drug-likeness (QED) is 0.785. The smallest absolute Gasteiger partial charge is 0.282 e. The van der Waals surface area contributed by atoms with Crippen LogP contribution in [-0.4, -0.2) is 50.9 Å². The summed E-state index contributed by atoms with van der Waals surface area (Å²) in [6, 6.07) is 5.55. The summed E-state index contributed by atoms with van der Waals surface area (Å²) in [4.78, 5) is 0. The molecule has 26 heavy (non-hydrogen) atoms. The maximum Gasteiger partial charge on any atom is 0.282 e. The SMILES string of the molecule is COc1ccc(C2CCCN2S(=O)(=O)N2CC(C)CC(C)C2)cc1OC. The van der Waals surface area contributed by atoms with Crippen LogP contribution < -0.4 is 9.47 Å². The van der Waals surface area contributed by atoms with Crippen LogP contribution >= 0.6 is 0 Å². The van der Waals surface area contributed by atoms with Gasteiger partial charge in [0.25, 0.3) is 10.2 Å². The first-order chi connectivity index (χ1) is 12.4. The van der Waals surface area contributed by atoms with Crippen molar-refractivity contribution in [3.63, 3.8) is 0 Å². The van der Waals surface area contributed by atoms with E-state index in [-0.39, 0.29) is 6.04 Å². The first-order valence-corrected chi connectivity index (χ1v) is 10.7. The molecule has 1 aromatic carbocycles. The molecule has 2 fully saturated rings. The molecule has 6 nitrogen and oxygen atoms in total. The number of nitrogens with zero attached hydrogens (tertiary/aromatic N) is 2. The van der Waals surface area contributed by atoms with Gasteiger partial charge in [0.15, 0.2) is 11.5 Å². The Labute approximate surface area is 157 Å². The van der Waals surface area contributed by atoms with Crippen molar-refractivity contribution in [2.75, 3.05) is 33.9 Å². The van der Waals surface area contributed by atoms with Crippen molar-refractivity contribution in [2.45, 2.75) is 39.2 Å². The molecule has 3 unspecified atom stereocenters. The highest BCUT2D eigenvalue weighted by atomic mass is 32.2. The molecule has 3 rings (SSSR count). The molecule has 1 aromatic rings. The van der Waals surface area contributed by atoms with E-state index in [9.17, 15) is 8.42 Å². The summed E-state index contributed by atoms with van der Waals surface area (Å²) in [6.45, 7) is 6.06. The van der Waals surface area contributed by atoms with Crippen LogP contribution in [0.4, 0.5) is 0 Å². The van der Waals surface area contributed by atoms with E-state index in [0.717, 1.165) is 24.8 Å². The molecule has 0 N–H and O–H groups in total. The topological polar surface area (TPSA) is 59.1 Å².